The second-order valence-corrected chi connectivity index (χ2v) is 8.50. The molecule has 2 aromatic carbocycles. The minimum absolute atomic E-state index is 0.249. The van der Waals surface area contributed by atoms with Crippen LogP contribution in [-0.4, -0.2) is 38.1 Å². The molecule has 0 saturated heterocycles. The Balaban J connectivity index is 1.74. The van der Waals surface area contributed by atoms with Gasteiger partial charge in [-0.3, -0.25) is 4.99 Å². The average molecular weight is 377 g/mol. The van der Waals surface area contributed by atoms with E-state index in [0.717, 1.165) is 5.56 Å². The van der Waals surface area contributed by atoms with Gasteiger partial charge in [-0.15, -0.1) is 0 Å². The van der Waals surface area contributed by atoms with E-state index in [1.165, 1.54) is 21.6 Å². The van der Waals surface area contributed by atoms with Crippen molar-refractivity contribution >= 4 is 27.0 Å². The highest BCUT2D eigenvalue weighted by Gasteiger charge is 2.30. The number of methoxy groups -OCH3 is 1. The average Bonchev–Trinajstić information content (AvgIpc) is 3.11. The normalized spacial score (nSPS) is 14.5. The summed E-state index contributed by atoms with van der Waals surface area (Å²) < 4.78 is 32.3. The predicted molar refractivity (Wildman–Crippen MR) is 102 cm³/mol. The summed E-state index contributed by atoms with van der Waals surface area (Å²) >= 11 is 1.45. The van der Waals surface area contributed by atoms with Crippen molar-refractivity contribution in [3.8, 4) is 5.75 Å². The van der Waals surface area contributed by atoms with Gasteiger partial charge >= 0.3 is 0 Å². The van der Waals surface area contributed by atoms with Crippen molar-refractivity contribution in [3.05, 3.63) is 59.7 Å². The molecule has 0 unspecified atom stereocenters. The van der Waals surface area contributed by atoms with Crippen molar-refractivity contribution in [2.75, 3.05) is 20.2 Å². The number of aryl methyl sites for hydroxylation is 1. The summed E-state index contributed by atoms with van der Waals surface area (Å²) in [6.07, 6.45) is 0. The van der Waals surface area contributed by atoms with Gasteiger partial charge in [0.25, 0.3) is 10.0 Å². The largest absolute Gasteiger partial charge is 0.497 e. The van der Waals surface area contributed by atoms with Crippen LogP contribution in [-0.2, 0) is 15.8 Å². The maximum absolute atomic E-state index is 12.9. The van der Waals surface area contributed by atoms with Gasteiger partial charge in [-0.25, -0.2) is 12.7 Å². The Morgan fingerprint density at radius 1 is 1.12 bits per heavy atom. The zero-order chi connectivity index (χ0) is 17.9. The molecule has 5 nitrogen and oxygen atoms in total. The van der Waals surface area contributed by atoms with Crippen LogP contribution < -0.4 is 4.74 Å². The first-order valence-corrected chi connectivity index (χ1v) is 10.3. The SMILES string of the molecule is COc1ccc(S(=O)(=O)N2CCN=C2SCc2ccc(C)cc2)cc1. The van der Waals surface area contributed by atoms with Crippen molar-refractivity contribution in [1.82, 2.24) is 4.31 Å². The smallest absolute Gasteiger partial charge is 0.265 e. The molecule has 1 heterocycles. The van der Waals surface area contributed by atoms with Gasteiger partial charge in [0.2, 0.25) is 0 Å². The molecule has 1 aliphatic rings. The number of ether oxygens (including phenoxy) is 1. The molecule has 0 saturated carbocycles. The molecule has 1 aliphatic heterocycles. The summed E-state index contributed by atoms with van der Waals surface area (Å²) in [5.41, 5.74) is 2.35. The van der Waals surface area contributed by atoms with Gasteiger partial charge in [0.1, 0.15) is 5.75 Å². The van der Waals surface area contributed by atoms with Crippen molar-refractivity contribution in [2.24, 2.45) is 4.99 Å². The number of hydrogen-bond donors (Lipinski definition) is 0. The highest BCUT2D eigenvalue weighted by atomic mass is 32.2. The number of benzene rings is 2. The molecule has 0 atom stereocenters. The lowest BCUT2D eigenvalue weighted by atomic mass is 10.2. The lowest BCUT2D eigenvalue weighted by Gasteiger charge is -2.20. The molecule has 132 valence electrons. The predicted octanol–water partition coefficient (Wildman–Crippen LogP) is 3.30. The minimum Gasteiger partial charge on any atom is -0.497 e. The topological polar surface area (TPSA) is 59.0 Å². The van der Waals surface area contributed by atoms with Gasteiger partial charge in [-0.1, -0.05) is 41.6 Å². The van der Waals surface area contributed by atoms with Gasteiger partial charge in [0.15, 0.2) is 5.17 Å². The zero-order valence-electron chi connectivity index (χ0n) is 14.2. The first-order chi connectivity index (χ1) is 12.0. The van der Waals surface area contributed by atoms with E-state index in [1.54, 1.807) is 31.4 Å². The summed E-state index contributed by atoms with van der Waals surface area (Å²) in [5, 5.41) is 0.552. The van der Waals surface area contributed by atoms with E-state index in [1.807, 2.05) is 6.92 Å². The number of amidine groups is 1. The van der Waals surface area contributed by atoms with Crippen LogP contribution in [0.25, 0.3) is 0 Å². The second kappa shape index (κ2) is 7.49. The highest BCUT2D eigenvalue weighted by molar-refractivity contribution is 8.14. The standard InChI is InChI=1S/C18H20N2O3S2/c1-14-3-5-15(6-4-14)13-24-18-19-11-12-20(18)25(21,22)17-9-7-16(23-2)8-10-17/h3-10H,11-13H2,1-2H3. The quantitative estimate of drug-likeness (QED) is 0.803. The molecule has 0 amide bonds. The van der Waals surface area contributed by atoms with Crippen LogP contribution >= 0.6 is 11.8 Å². The van der Waals surface area contributed by atoms with Gasteiger partial charge in [0, 0.05) is 5.75 Å². The fourth-order valence-electron chi connectivity index (χ4n) is 2.46. The molecular formula is C18H20N2O3S2. The molecule has 0 aliphatic carbocycles. The Labute approximate surface area is 152 Å². The molecule has 7 heteroatoms. The molecule has 0 N–H and O–H groups in total. The van der Waals surface area contributed by atoms with Crippen LogP contribution in [0.3, 0.4) is 0 Å². The van der Waals surface area contributed by atoms with Crippen LogP contribution in [0.1, 0.15) is 11.1 Å². The number of thioether (sulfide) groups is 1. The Morgan fingerprint density at radius 3 is 2.44 bits per heavy atom. The van der Waals surface area contributed by atoms with Crippen molar-refractivity contribution < 1.29 is 13.2 Å². The van der Waals surface area contributed by atoms with Gasteiger partial charge in [-0.05, 0) is 36.8 Å². The molecule has 0 fully saturated rings. The molecule has 25 heavy (non-hydrogen) atoms. The number of rotatable bonds is 5. The highest BCUT2D eigenvalue weighted by Crippen LogP contribution is 2.26. The second-order valence-electron chi connectivity index (χ2n) is 5.69. The number of sulfonamides is 1. The molecule has 0 spiro atoms. The summed E-state index contributed by atoms with van der Waals surface area (Å²) in [5.74, 6) is 1.32. The Kier molecular flexibility index (Phi) is 5.34. The monoisotopic (exact) mass is 376 g/mol. The van der Waals surface area contributed by atoms with Crippen molar-refractivity contribution in [2.45, 2.75) is 17.6 Å². The van der Waals surface area contributed by atoms with E-state index < -0.39 is 10.0 Å². The minimum atomic E-state index is -3.60. The number of aliphatic imine (C=N–C) groups is 1. The molecule has 3 rings (SSSR count). The van der Waals surface area contributed by atoms with E-state index in [4.69, 9.17) is 4.74 Å². The molecule has 2 aromatic rings. The maximum Gasteiger partial charge on any atom is 0.265 e. The first-order valence-electron chi connectivity index (χ1n) is 7.90. The summed E-state index contributed by atoms with van der Waals surface area (Å²) in [6.45, 7) is 2.91. The molecular weight excluding hydrogens is 356 g/mol. The van der Waals surface area contributed by atoms with E-state index >= 15 is 0 Å². The summed E-state index contributed by atoms with van der Waals surface area (Å²) in [6, 6.07) is 14.7. The van der Waals surface area contributed by atoms with E-state index in [-0.39, 0.29) is 4.90 Å². The number of nitrogens with zero attached hydrogens (tertiary/aromatic N) is 2. The lowest BCUT2D eigenvalue weighted by molar-refractivity contribution is 0.414. The van der Waals surface area contributed by atoms with Crippen LogP contribution in [0.4, 0.5) is 0 Å². The molecule has 0 aromatic heterocycles. The Morgan fingerprint density at radius 2 is 1.80 bits per heavy atom. The van der Waals surface area contributed by atoms with E-state index in [9.17, 15) is 8.42 Å². The molecule has 0 radical (unpaired) electrons. The Bertz CT molecular complexity index is 860. The summed E-state index contributed by atoms with van der Waals surface area (Å²) in [7, 11) is -2.05. The molecule has 0 bridgehead atoms. The Hall–Kier alpha value is -1.99. The third-order valence-corrected chi connectivity index (χ3v) is 6.90. The van der Waals surface area contributed by atoms with Gasteiger partial charge in [0.05, 0.1) is 25.1 Å². The van der Waals surface area contributed by atoms with Crippen LogP contribution in [0.5, 0.6) is 5.75 Å². The zero-order valence-corrected chi connectivity index (χ0v) is 15.8. The van der Waals surface area contributed by atoms with Gasteiger partial charge < -0.3 is 4.74 Å². The van der Waals surface area contributed by atoms with Crippen LogP contribution in [0.15, 0.2) is 58.4 Å². The van der Waals surface area contributed by atoms with Gasteiger partial charge in [-0.2, -0.15) is 0 Å². The third kappa shape index (κ3) is 3.99. The van der Waals surface area contributed by atoms with Crippen molar-refractivity contribution in [3.63, 3.8) is 0 Å². The fourth-order valence-corrected chi connectivity index (χ4v) is 5.14. The van der Waals surface area contributed by atoms with Crippen molar-refractivity contribution in [1.29, 1.82) is 0 Å². The lowest BCUT2D eigenvalue weighted by Crippen LogP contribution is -2.32. The van der Waals surface area contributed by atoms with E-state index in [2.05, 4.69) is 29.3 Å². The van der Waals surface area contributed by atoms with E-state index in [0.29, 0.717) is 29.8 Å². The number of hydrogen-bond acceptors (Lipinski definition) is 5. The summed E-state index contributed by atoms with van der Waals surface area (Å²) in [4.78, 5) is 4.63. The third-order valence-electron chi connectivity index (χ3n) is 3.90. The first kappa shape index (κ1) is 17.8. The maximum atomic E-state index is 12.9. The fraction of sp³-hybridized carbons (Fsp3) is 0.278. The van der Waals surface area contributed by atoms with Crippen LogP contribution in [0.2, 0.25) is 0 Å². The van der Waals surface area contributed by atoms with Crippen LogP contribution in [0, 0.1) is 6.92 Å².